The molecule has 0 saturated carbocycles. The van der Waals surface area contributed by atoms with Crippen LogP contribution in [0.15, 0.2) is 60.7 Å². The molecule has 2 atom stereocenters. The van der Waals surface area contributed by atoms with Crippen LogP contribution in [0.25, 0.3) is 0 Å². The number of carbonyl (C=O) groups is 2. The van der Waals surface area contributed by atoms with E-state index < -0.39 is 5.92 Å². The maximum Gasteiger partial charge on any atom is 0.231 e. The van der Waals surface area contributed by atoms with Crippen molar-refractivity contribution < 1.29 is 9.59 Å². The number of amides is 1. The van der Waals surface area contributed by atoms with E-state index in [-0.39, 0.29) is 17.6 Å². The maximum atomic E-state index is 12.5. The first kappa shape index (κ1) is 13.6. The molecule has 1 fully saturated rings. The Bertz CT molecular complexity index is 637. The molecule has 2 aromatic carbocycles. The average Bonchev–Trinajstić information content (AvgIpc) is 2.91. The summed E-state index contributed by atoms with van der Waals surface area (Å²) in [5.41, 5.74) is 2.00. The molecule has 0 aromatic heterocycles. The van der Waals surface area contributed by atoms with E-state index >= 15 is 0 Å². The van der Waals surface area contributed by atoms with Crippen LogP contribution in [0.2, 0.25) is 0 Å². The molecule has 3 nitrogen and oxygen atoms in total. The Kier molecular flexibility index (Phi) is 3.82. The van der Waals surface area contributed by atoms with E-state index in [9.17, 15) is 9.59 Å². The largest absolute Gasteiger partial charge is 0.355 e. The summed E-state index contributed by atoms with van der Waals surface area (Å²) in [7, 11) is 0. The lowest BCUT2D eigenvalue weighted by atomic mass is 9.84. The minimum Gasteiger partial charge on any atom is -0.355 e. The Morgan fingerprint density at radius 2 is 1.62 bits per heavy atom. The van der Waals surface area contributed by atoms with E-state index in [2.05, 4.69) is 5.32 Å². The fraction of sp³-hybridized carbons (Fsp3) is 0.222. The summed E-state index contributed by atoms with van der Waals surface area (Å²) in [5, 5.41) is 2.83. The van der Waals surface area contributed by atoms with Crippen molar-refractivity contribution in [3.8, 4) is 0 Å². The average molecular weight is 279 g/mol. The first-order chi connectivity index (χ1) is 10.3. The Morgan fingerprint density at radius 3 is 2.29 bits per heavy atom. The number of rotatable bonds is 4. The summed E-state index contributed by atoms with van der Waals surface area (Å²) in [5.74, 6) is -0.794. The van der Waals surface area contributed by atoms with Gasteiger partial charge in [0.1, 0.15) is 11.7 Å². The predicted molar refractivity (Wildman–Crippen MR) is 80.8 cm³/mol. The SMILES string of the molecule is O=C(Cc1ccccc1)[C@H]1C(=O)NCC1c1ccccc1. The molecule has 3 rings (SSSR count). The van der Waals surface area contributed by atoms with E-state index in [1.165, 1.54) is 0 Å². The van der Waals surface area contributed by atoms with Crippen molar-refractivity contribution in [3.05, 3.63) is 71.8 Å². The minimum absolute atomic E-state index is 0.00921. The van der Waals surface area contributed by atoms with E-state index in [0.29, 0.717) is 13.0 Å². The maximum absolute atomic E-state index is 12.5. The Balaban J connectivity index is 1.81. The highest BCUT2D eigenvalue weighted by Crippen LogP contribution is 2.30. The molecule has 106 valence electrons. The van der Waals surface area contributed by atoms with Gasteiger partial charge in [-0.2, -0.15) is 0 Å². The molecule has 0 spiro atoms. The Labute approximate surface area is 124 Å². The van der Waals surface area contributed by atoms with Crippen LogP contribution in [0.1, 0.15) is 17.0 Å². The Morgan fingerprint density at radius 1 is 1.00 bits per heavy atom. The van der Waals surface area contributed by atoms with Gasteiger partial charge >= 0.3 is 0 Å². The highest BCUT2D eigenvalue weighted by molar-refractivity contribution is 6.04. The van der Waals surface area contributed by atoms with Gasteiger partial charge in [-0.3, -0.25) is 9.59 Å². The summed E-state index contributed by atoms with van der Waals surface area (Å²) in [4.78, 5) is 24.6. The fourth-order valence-corrected chi connectivity index (χ4v) is 2.91. The molecule has 0 aliphatic carbocycles. The van der Waals surface area contributed by atoms with E-state index in [4.69, 9.17) is 0 Å². The van der Waals surface area contributed by atoms with Crippen LogP contribution in [0.4, 0.5) is 0 Å². The van der Waals surface area contributed by atoms with Gasteiger partial charge in [-0.15, -0.1) is 0 Å². The second-order valence-corrected chi connectivity index (χ2v) is 5.37. The fourth-order valence-electron chi connectivity index (χ4n) is 2.91. The predicted octanol–water partition coefficient (Wildman–Crippen LogP) is 2.33. The quantitative estimate of drug-likeness (QED) is 0.873. The number of ketones is 1. The molecule has 0 bridgehead atoms. The highest BCUT2D eigenvalue weighted by atomic mass is 16.2. The molecule has 2 aromatic rings. The van der Waals surface area contributed by atoms with E-state index in [1.54, 1.807) is 0 Å². The second kappa shape index (κ2) is 5.92. The molecule has 1 amide bonds. The van der Waals surface area contributed by atoms with Gasteiger partial charge in [-0.25, -0.2) is 0 Å². The number of nitrogens with one attached hydrogen (secondary N) is 1. The zero-order chi connectivity index (χ0) is 14.7. The second-order valence-electron chi connectivity index (χ2n) is 5.37. The van der Waals surface area contributed by atoms with Gasteiger partial charge in [0.25, 0.3) is 0 Å². The highest BCUT2D eigenvalue weighted by Gasteiger charge is 2.40. The zero-order valence-corrected chi connectivity index (χ0v) is 11.7. The smallest absolute Gasteiger partial charge is 0.231 e. The van der Waals surface area contributed by atoms with Gasteiger partial charge in [0.05, 0.1) is 0 Å². The third-order valence-corrected chi connectivity index (χ3v) is 3.98. The van der Waals surface area contributed by atoms with Crippen molar-refractivity contribution in [2.24, 2.45) is 5.92 Å². The summed E-state index contributed by atoms with van der Waals surface area (Å²) >= 11 is 0. The monoisotopic (exact) mass is 279 g/mol. The van der Waals surface area contributed by atoms with E-state index in [1.807, 2.05) is 60.7 Å². The van der Waals surface area contributed by atoms with Crippen LogP contribution >= 0.6 is 0 Å². The molecule has 1 unspecified atom stereocenters. The third-order valence-electron chi connectivity index (χ3n) is 3.98. The standard InChI is InChI=1S/C18H17NO2/c20-16(11-13-7-3-1-4-8-13)17-15(12-19-18(17)21)14-9-5-2-6-10-14/h1-10,15,17H,11-12H2,(H,19,21)/t15?,17-/m0/s1. The molecule has 0 radical (unpaired) electrons. The summed E-state index contributed by atoms with van der Waals surface area (Å²) in [6.45, 7) is 0.536. The summed E-state index contributed by atoms with van der Waals surface area (Å²) < 4.78 is 0. The zero-order valence-electron chi connectivity index (χ0n) is 11.7. The molecular weight excluding hydrogens is 262 g/mol. The van der Waals surface area contributed by atoms with Gasteiger partial charge in [0, 0.05) is 18.9 Å². The van der Waals surface area contributed by atoms with Crippen LogP contribution in [-0.4, -0.2) is 18.2 Å². The molecule has 1 heterocycles. The first-order valence-corrected chi connectivity index (χ1v) is 7.15. The van der Waals surface area contributed by atoms with Crippen LogP contribution in [0, 0.1) is 5.92 Å². The number of hydrogen-bond acceptors (Lipinski definition) is 2. The molecule has 21 heavy (non-hydrogen) atoms. The lowest BCUT2D eigenvalue weighted by Gasteiger charge is -2.16. The normalized spacial score (nSPS) is 21.0. The summed E-state index contributed by atoms with van der Waals surface area (Å²) in [6, 6.07) is 19.4. The van der Waals surface area contributed by atoms with Crippen molar-refractivity contribution in [1.29, 1.82) is 0 Å². The molecule has 3 heteroatoms. The first-order valence-electron chi connectivity index (χ1n) is 7.15. The summed E-state index contributed by atoms with van der Waals surface area (Å²) in [6.07, 6.45) is 0.308. The van der Waals surface area contributed by atoms with Crippen molar-refractivity contribution >= 4 is 11.7 Å². The van der Waals surface area contributed by atoms with Crippen LogP contribution < -0.4 is 5.32 Å². The van der Waals surface area contributed by atoms with Gasteiger partial charge in [0.15, 0.2) is 0 Å². The molecule has 1 saturated heterocycles. The number of carbonyl (C=O) groups excluding carboxylic acids is 2. The number of benzene rings is 2. The number of hydrogen-bond donors (Lipinski definition) is 1. The van der Waals surface area contributed by atoms with Crippen LogP contribution in [0.5, 0.6) is 0 Å². The Hall–Kier alpha value is -2.42. The molecule has 1 aliphatic heterocycles. The van der Waals surface area contributed by atoms with Gasteiger partial charge in [-0.05, 0) is 11.1 Å². The third kappa shape index (κ3) is 2.87. The van der Waals surface area contributed by atoms with Crippen molar-refractivity contribution in [3.63, 3.8) is 0 Å². The van der Waals surface area contributed by atoms with Crippen molar-refractivity contribution in [2.75, 3.05) is 6.54 Å². The molecule has 1 aliphatic rings. The van der Waals surface area contributed by atoms with Gasteiger partial charge in [0.2, 0.25) is 5.91 Å². The van der Waals surface area contributed by atoms with Crippen molar-refractivity contribution in [1.82, 2.24) is 5.32 Å². The van der Waals surface area contributed by atoms with Crippen LogP contribution in [-0.2, 0) is 16.0 Å². The lowest BCUT2D eigenvalue weighted by Crippen LogP contribution is -2.28. The topological polar surface area (TPSA) is 46.2 Å². The lowest BCUT2D eigenvalue weighted by molar-refractivity contribution is -0.131. The minimum atomic E-state index is -0.576. The van der Waals surface area contributed by atoms with Gasteiger partial charge < -0.3 is 5.32 Å². The number of Topliss-reactive ketones (excluding diaryl/α,β-unsaturated/α-hetero) is 1. The van der Waals surface area contributed by atoms with Gasteiger partial charge in [-0.1, -0.05) is 60.7 Å². The van der Waals surface area contributed by atoms with Crippen LogP contribution in [0.3, 0.4) is 0 Å². The molecular formula is C18H17NO2. The van der Waals surface area contributed by atoms with E-state index in [0.717, 1.165) is 11.1 Å². The van der Waals surface area contributed by atoms with Crippen molar-refractivity contribution in [2.45, 2.75) is 12.3 Å². The molecule has 1 N–H and O–H groups in total.